The molecule has 1 aromatic heterocycles. The summed E-state index contributed by atoms with van der Waals surface area (Å²) < 4.78 is 5.04. The van der Waals surface area contributed by atoms with Gasteiger partial charge in [0, 0.05) is 24.4 Å². The molecule has 0 aliphatic heterocycles. The number of hydrogen-bond donors (Lipinski definition) is 2. The minimum Gasteiger partial charge on any atom is -0.497 e. The lowest BCUT2D eigenvalue weighted by Gasteiger charge is -2.14. The number of rotatable bonds is 6. The summed E-state index contributed by atoms with van der Waals surface area (Å²) in [5.41, 5.74) is 2.34. The Labute approximate surface area is 146 Å². The first kappa shape index (κ1) is 18.4. The molecule has 0 bridgehead atoms. The molecule has 0 saturated carbocycles. The quantitative estimate of drug-likeness (QED) is 0.837. The number of pyridine rings is 1. The fraction of sp³-hybridized carbons (Fsp3) is 0.278. The molecule has 2 N–H and O–H groups in total. The molecule has 25 heavy (non-hydrogen) atoms. The van der Waals surface area contributed by atoms with Crippen molar-refractivity contribution in [1.82, 2.24) is 9.88 Å². The molecule has 7 heteroatoms. The van der Waals surface area contributed by atoms with Gasteiger partial charge in [0.05, 0.1) is 7.11 Å². The standard InChI is InChI=1S/C18H21N3O4/c1-11-5-6-12(10-21(2)3)7-14(11)20-17(22)15-8-13(25-4)9-16(19-15)18(23)24/h5-9H,10H2,1-4H3,(H,20,22)(H,23,24). The molecule has 0 unspecified atom stereocenters. The maximum atomic E-state index is 12.5. The maximum absolute atomic E-state index is 12.5. The highest BCUT2D eigenvalue weighted by Crippen LogP contribution is 2.20. The molecule has 7 nitrogen and oxygen atoms in total. The average Bonchev–Trinajstić information content (AvgIpc) is 2.56. The van der Waals surface area contributed by atoms with E-state index in [1.54, 1.807) is 0 Å². The summed E-state index contributed by atoms with van der Waals surface area (Å²) >= 11 is 0. The number of hydrogen-bond acceptors (Lipinski definition) is 5. The van der Waals surface area contributed by atoms with Crippen molar-refractivity contribution in [3.63, 3.8) is 0 Å². The summed E-state index contributed by atoms with van der Waals surface area (Å²) in [5.74, 6) is -1.46. The Morgan fingerprint density at radius 2 is 1.88 bits per heavy atom. The fourth-order valence-corrected chi connectivity index (χ4v) is 2.30. The normalized spacial score (nSPS) is 10.6. The van der Waals surface area contributed by atoms with E-state index in [9.17, 15) is 9.59 Å². The van der Waals surface area contributed by atoms with Crippen LogP contribution in [0.2, 0.25) is 0 Å². The Balaban J connectivity index is 2.30. The Bertz CT molecular complexity index is 803. The maximum Gasteiger partial charge on any atom is 0.354 e. The zero-order valence-electron chi connectivity index (χ0n) is 14.7. The number of carbonyl (C=O) groups is 2. The number of carboxylic acids is 1. The number of amides is 1. The van der Waals surface area contributed by atoms with Crippen molar-refractivity contribution >= 4 is 17.6 Å². The Morgan fingerprint density at radius 3 is 2.48 bits per heavy atom. The van der Waals surface area contributed by atoms with Crippen LogP contribution in [0, 0.1) is 6.92 Å². The number of nitrogens with one attached hydrogen (secondary N) is 1. The molecule has 0 aliphatic carbocycles. The van der Waals surface area contributed by atoms with Gasteiger partial charge in [0.2, 0.25) is 0 Å². The summed E-state index contributed by atoms with van der Waals surface area (Å²) in [6, 6.07) is 8.49. The molecule has 2 rings (SSSR count). The molecule has 0 aliphatic rings. The molecular weight excluding hydrogens is 322 g/mol. The third-order valence-electron chi connectivity index (χ3n) is 3.54. The van der Waals surface area contributed by atoms with Gasteiger partial charge < -0.3 is 20.1 Å². The second kappa shape index (κ2) is 7.76. The SMILES string of the molecule is COc1cc(C(=O)O)nc(C(=O)Nc2cc(CN(C)C)ccc2C)c1. The molecule has 132 valence electrons. The van der Waals surface area contributed by atoms with E-state index in [-0.39, 0.29) is 17.1 Å². The summed E-state index contributed by atoms with van der Waals surface area (Å²) in [7, 11) is 5.33. The predicted octanol–water partition coefficient (Wildman–Crippen LogP) is 2.41. The number of aromatic nitrogens is 1. The first-order chi connectivity index (χ1) is 11.8. The summed E-state index contributed by atoms with van der Waals surface area (Å²) in [4.78, 5) is 29.6. The molecule has 0 saturated heterocycles. The third-order valence-corrected chi connectivity index (χ3v) is 3.54. The van der Waals surface area contributed by atoms with Crippen molar-refractivity contribution in [3.05, 3.63) is 52.8 Å². The van der Waals surface area contributed by atoms with Crippen LogP contribution < -0.4 is 10.1 Å². The predicted molar refractivity (Wildman–Crippen MR) is 94.3 cm³/mol. The lowest BCUT2D eigenvalue weighted by atomic mass is 10.1. The Morgan fingerprint density at radius 1 is 1.20 bits per heavy atom. The summed E-state index contributed by atoms with van der Waals surface area (Å²) in [6.45, 7) is 2.63. The number of benzene rings is 1. The van der Waals surface area contributed by atoms with Crippen molar-refractivity contribution in [2.24, 2.45) is 0 Å². The molecular formula is C18H21N3O4. The number of aryl methyl sites for hydroxylation is 1. The fourth-order valence-electron chi connectivity index (χ4n) is 2.30. The largest absolute Gasteiger partial charge is 0.497 e. The van der Waals surface area contributed by atoms with Gasteiger partial charge in [-0.3, -0.25) is 4.79 Å². The van der Waals surface area contributed by atoms with E-state index < -0.39 is 11.9 Å². The lowest BCUT2D eigenvalue weighted by Crippen LogP contribution is -2.17. The minimum absolute atomic E-state index is 0.0193. The molecule has 0 fully saturated rings. The van der Waals surface area contributed by atoms with Gasteiger partial charge >= 0.3 is 5.97 Å². The molecule has 0 atom stereocenters. The van der Waals surface area contributed by atoms with Gasteiger partial charge in [0.25, 0.3) is 5.91 Å². The van der Waals surface area contributed by atoms with E-state index in [4.69, 9.17) is 9.84 Å². The van der Waals surface area contributed by atoms with E-state index in [0.29, 0.717) is 5.69 Å². The van der Waals surface area contributed by atoms with Crippen LogP contribution in [0.15, 0.2) is 30.3 Å². The first-order valence-electron chi connectivity index (χ1n) is 7.65. The van der Waals surface area contributed by atoms with Gasteiger partial charge in [-0.2, -0.15) is 0 Å². The van der Waals surface area contributed by atoms with Crippen molar-refractivity contribution in [2.45, 2.75) is 13.5 Å². The van der Waals surface area contributed by atoms with Gasteiger partial charge in [-0.05, 0) is 38.2 Å². The highest BCUT2D eigenvalue weighted by molar-refractivity contribution is 6.04. The Hall–Kier alpha value is -2.93. The lowest BCUT2D eigenvalue weighted by molar-refractivity contribution is 0.0690. The number of nitrogens with zero attached hydrogens (tertiary/aromatic N) is 2. The zero-order valence-corrected chi connectivity index (χ0v) is 14.7. The van der Waals surface area contributed by atoms with Crippen LogP contribution in [0.5, 0.6) is 5.75 Å². The van der Waals surface area contributed by atoms with Gasteiger partial charge in [-0.25, -0.2) is 9.78 Å². The molecule has 0 spiro atoms. The molecule has 1 amide bonds. The van der Waals surface area contributed by atoms with Crippen LogP contribution in [-0.4, -0.2) is 48.1 Å². The van der Waals surface area contributed by atoms with Gasteiger partial charge in [-0.15, -0.1) is 0 Å². The second-order valence-electron chi connectivity index (χ2n) is 5.92. The number of anilines is 1. The summed E-state index contributed by atoms with van der Waals surface area (Å²) in [6.07, 6.45) is 0. The first-order valence-corrected chi connectivity index (χ1v) is 7.65. The van der Waals surface area contributed by atoms with Crippen molar-refractivity contribution < 1.29 is 19.4 Å². The average molecular weight is 343 g/mol. The van der Waals surface area contributed by atoms with E-state index in [1.807, 2.05) is 44.1 Å². The van der Waals surface area contributed by atoms with Gasteiger partial charge in [0.15, 0.2) is 5.69 Å². The van der Waals surface area contributed by atoms with Crippen LogP contribution in [0.4, 0.5) is 5.69 Å². The highest BCUT2D eigenvalue weighted by atomic mass is 16.5. The third kappa shape index (κ3) is 4.77. The molecule has 2 aromatic rings. The van der Waals surface area contributed by atoms with Crippen LogP contribution in [0.25, 0.3) is 0 Å². The van der Waals surface area contributed by atoms with E-state index in [0.717, 1.165) is 17.7 Å². The summed E-state index contributed by atoms with van der Waals surface area (Å²) in [5, 5.41) is 11.9. The van der Waals surface area contributed by atoms with Gasteiger partial charge in [0.1, 0.15) is 11.4 Å². The van der Waals surface area contributed by atoms with Crippen molar-refractivity contribution in [3.8, 4) is 5.75 Å². The van der Waals surface area contributed by atoms with Crippen LogP contribution >= 0.6 is 0 Å². The highest BCUT2D eigenvalue weighted by Gasteiger charge is 2.16. The van der Waals surface area contributed by atoms with E-state index in [1.165, 1.54) is 19.2 Å². The van der Waals surface area contributed by atoms with E-state index >= 15 is 0 Å². The van der Waals surface area contributed by atoms with Crippen LogP contribution in [0.1, 0.15) is 32.1 Å². The smallest absolute Gasteiger partial charge is 0.354 e. The molecule has 1 heterocycles. The van der Waals surface area contributed by atoms with Gasteiger partial charge in [-0.1, -0.05) is 12.1 Å². The van der Waals surface area contributed by atoms with Crippen molar-refractivity contribution in [1.29, 1.82) is 0 Å². The number of methoxy groups -OCH3 is 1. The topological polar surface area (TPSA) is 91.8 Å². The second-order valence-corrected chi connectivity index (χ2v) is 5.92. The van der Waals surface area contributed by atoms with Crippen molar-refractivity contribution in [2.75, 3.05) is 26.5 Å². The van der Waals surface area contributed by atoms with Crippen LogP contribution in [-0.2, 0) is 6.54 Å². The Kier molecular flexibility index (Phi) is 5.71. The van der Waals surface area contributed by atoms with E-state index in [2.05, 4.69) is 10.3 Å². The zero-order chi connectivity index (χ0) is 18.6. The minimum atomic E-state index is -1.22. The number of carboxylic acid groups (broad SMARTS) is 1. The number of ether oxygens (including phenoxy) is 1. The monoisotopic (exact) mass is 343 g/mol. The molecule has 0 radical (unpaired) electrons. The number of carbonyl (C=O) groups excluding carboxylic acids is 1. The molecule has 1 aromatic carbocycles. The number of aromatic carboxylic acids is 1. The van der Waals surface area contributed by atoms with Crippen LogP contribution in [0.3, 0.4) is 0 Å².